The van der Waals surface area contributed by atoms with Gasteiger partial charge >= 0.3 is 0 Å². The van der Waals surface area contributed by atoms with E-state index in [1.807, 2.05) is 68.6 Å². The summed E-state index contributed by atoms with van der Waals surface area (Å²) in [6.45, 7) is 5.56. The highest BCUT2D eigenvalue weighted by Crippen LogP contribution is 2.31. The van der Waals surface area contributed by atoms with E-state index in [0.29, 0.717) is 43.1 Å². The number of ether oxygens (including phenoxy) is 2. The summed E-state index contributed by atoms with van der Waals surface area (Å²) in [4.78, 5) is 21.6. The second kappa shape index (κ2) is 10.6. The molecule has 0 bridgehead atoms. The lowest BCUT2D eigenvalue weighted by Crippen LogP contribution is -2.31. The molecule has 1 aliphatic heterocycles. The van der Waals surface area contributed by atoms with Gasteiger partial charge in [-0.1, -0.05) is 38.1 Å². The molecule has 5 rings (SSSR count). The predicted octanol–water partition coefficient (Wildman–Crippen LogP) is 4.46. The number of H-pyrrole nitrogens is 1. The van der Waals surface area contributed by atoms with Crippen molar-refractivity contribution in [1.82, 2.24) is 25.5 Å². The van der Waals surface area contributed by atoms with Crippen molar-refractivity contribution in [2.45, 2.75) is 27.1 Å². The van der Waals surface area contributed by atoms with Crippen molar-refractivity contribution in [1.29, 1.82) is 0 Å². The number of amides is 1. The number of rotatable bonds is 9. The van der Waals surface area contributed by atoms with E-state index in [0.717, 1.165) is 33.6 Å². The summed E-state index contributed by atoms with van der Waals surface area (Å²) in [5.74, 6) is 2.09. The highest BCUT2D eigenvalue weighted by atomic mass is 16.5. The number of nitrogens with zero attached hydrogens (tertiary/aromatic N) is 3. The molecule has 4 aromatic rings. The van der Waals surface area contributed by atoms with E-state index in [1.165, 1.54) is 0 Å². The maximum atomic E-state index is 12.0. The van der Waals surface area contributed by atoms with Gasteiger partial charge < -0.3 is 20.1 Å². The zero-order valence-electron chi connectivity index (χ0n) is 20.2. The predicted molar refractivity (Wildman–Crippen MR) is 137 cm³/mol. The second-order valence-electron chi connectivity index (χ2n) is 9.02. The van der Waals surface area contributed by atoms with Gasteiger partial charge in [-0.25, -0.2) is 9.97 Å². The van der Waals surface area contributed by atoms with Gasteiger partial charge in [0.25, 0.3) is 5.91 Å². The van der Waals surface area contributed by atoms with Crippen LogP contribution in [-0.4, -0.2) is 39.2 Å². The Hall–Kier alpha value is -4.24. The van der Waals surface area contributed by atoms with Gasteiger partial charge in [-0.15, -0.1) is 0 Å². The van der Waals surface area contributed by atoms with E-state index in [2.05, 4.69) is 20.8 Å². The van der Waals surface area contributed by atoms with Crippen LogP contribution in [0.5, 0.6) is 5.75 Å². The lowest BCUT2D eigenvalue weighted by Gasteiger charge is -2.13. The van der Waals surface area contributed by atoms with Crippen molar-refractivity contribution in [2.75, 3.05) is 18.5 Å². The van der Waals surface area contributed by atoms with Crippen molar-refractivity contribution < 1.29 is 14.3 Å². The third-order valence-corrected chi connectivity index (χ3v) is 5.73. The van der Waals surface area contributed by atoms with Crippen molar-refractivity contribution >= 4 is 17.4 Å². The highest BCUT2D eigenvalue weighted by Gasteiger charge is 2.21. The van der Waals surface area contributed by atoms with Gasteiger partial charge in [0.15, 0.2) is 12.4 Å². The molecular formula is C27H28N6O3. The van der Waals surface area contributed by atoms with Crippen molar-refractivity contribution in [3.05, 3.63) is 72.2 Å². The summed E-state index contributed by atoms with van der Waals surface area (Å²) in [6, 6.07) is 15.5. The first-order chi connectivity index (χ1) is 17.5. The first-order valence-corrected chi connectivity index (χ1v) is 11.9. The average Bonchev–Trinajstić information content (AvgIpc) is 3.59. The first kappa shape index (κ1) is 23.5. The van der Waals surface area contributed by atoms with Gasteiger partial charge in [-0.2, -0.15) is 5.10 Å². The van der Waals surface area contributed by atoms with E-state index in [9.17, 15) is 4.79 Å². The summed E-state index contributed by atoms with van der Waals surface area (Å²) in [7, 11) is 0. The molecule has 3 N–H and O–H groups in total. The van der Waals surface area contributed by atoms with Gasteiger partial charge in [0, 0.05) is 35.1 Å². The molecule has 1 amide bonds. The topological polar surface area (TPSA) is 114 Å². The monoisotopic (exact) mass is 484 g/mol. The fourth-order valence-electron chi connectivity index (χ4n) is 3.82. The minimum Gasteiger partial charge on any atom is -0.484 e. The molecular weight excluding hydrogens is 456 g/mol. The molecule has 0 atom stereocenters. The summed E-state index contributed by atoms with van der Waals surface area (Å²) in [6.07, 6.45) is 3.65. The van der Waals surface area contributed by atoms with Crippen molar-refractivity contribution in [3.8, 4) is 28.3 Å². The Labute approximate surface area is 209 Å². The lowest BCUT2D eigenvalue weighted by molar-refractivity contribution is -0.123. The number of fused-ring (bicyclic) bond motifs is 1. The van der Waals surface area contributed by atoms with Gasteiger partial charge in [0.05, 0.1) is 25.1 Å². The van der Waals surface area contributed by atoms with Crippen LogP contribution < -0.4 is 15.4 Å². The molecule has 3 heterocycles. The molecule has 9 nitrogen and oxygen atoms in total. The number of hydrogen-bond acceptors (Lipinski definition) is 7. The molecule has 0 radical (unpaired) electrons. The molecule has 9 heteroatoms. The number of hydrogen-bond donors (Lipinski definition) is 3. The van der Waals surface area contributed by atoms with Crippen molar-refractivity contribution in [3.63, 3.8) is 0 Å². The Kier molecular flexibility index (Phi) is 6.90. The largest absolute Gasteiger partial charge is 0.484 e. The fourth-order valence-corrected chi connectivity index (χ4v) is 3.82. The van der Waals surface area contributed by atoms with Crippen LogP contribution in [0.1, 0.15) is 25.1 Å². The van der Waals surface area contributed by atoms with Crippen LogP contribution in [0.3, 0.4) is 0 Å². The van der Waals surface area contributed by atoms with Crippen LogP contribution in [0, 0.1) is 5.92 Å². The van der Waals surface area contributed by atoms with Gasteiger partial charge in [-0.05, 0) is 35.7 Å². The Balaban J connectivity index is 1.34. The second-order valence-corrected chi connectivity index (χ2v) is 9.02. The summed E-state index contributed by atoms with van der Waals surface area (Å²) < 4.78 is 11.4. The molecule has 2 aromatic heterocycles. The fraction of sp³-hybridized carbons (Fsp3) is 0.259. The van der Waals surface area contributed by atoms with Crippen LogP contribution in [-0.2, 0) is 22.7 Å². The Morgan fingerprint density at radius 1 is 1.08 bits per heavy atom. The number of carbonyl (C=O) groups is 1. The molecule has 0 spiro atoms. The first-order valence-electron chi connectivity index (χ1n) is 11.9. The molecule has 0 saturated heterocycles. The maximum absolute atomic E-state index is 12.0. The molecule has 36 heavy (non-hydrogen) atoms. The molecule has 2 aromatic carbocycles. The molecule has 0 unspecified atom stereocenters. The van der Waals surface area contributed by atoms with Gasteiger partial charge in [0.2, 0.25) is 0 Å². The number of benzene rings is 2. The number of nitrogens with one attached hydrogen (secondary N) is 3. The molecule has 184 valence electrons. The Bertz CT molecular complexity index is 1340. The third-order valence-electron chi connectivity index (χ3n) is 5.73. The van der Waals surface area contributed by atoms with E-state index in [1.54, 1.807) is 6.20 Å². The van der Waals surface area contributed by atoms with E-state index < -0.39 is 0 Å². The van der Waals surface area contributed by atoms with E-state index >= 15 is 0 Å². The minimum atomic E-state index is -0.148. The van der Waals surface area contributed by atoms with E-state index in [4.69, 9.17) is 19.4 Å². The zero-order valence-corrected chi connectivity index (χ0v) is 20.2. The van der Waals surface area contributed by atoms with Crippen LogP contribution in [0.4, 0.5) is 11.5 Å². The minimum absolute atomic E-state index is 0.0450. The third kappa shape index (κ3) is 5.52. The number of aromatic amines is 1. The Morgan fingerprint density at radius 2 is 1.94 bits per heavy atom. The van der Waals surface area contributed by atoms with Crippen LogP contribution in [0.25, 0.3) is 22.5 Å². The average molecular weight is 485 g/mol. The molecule has 0 saturated carbocycles. The van der Waals surface area contributed by atoms with Crippen LogP contribution >= 0.6 is 0 Å². The highest BCUT2D eigenvalue weighted by molar-refractivity contribution is 5.77. The summed E-state index contributed by atoms with van der Waals surface area (Å²) in [5.41, 5.74) is 5.61. The lowest BCUT2D eigenvalue weighted by atomic mass is 10.1. The van der Waals surface area contributed by atoms with Crippen LogP contribution in [0.15, 0.2) is 60.9 Å². The van der Waals surface area contributed by atoms with Gasteiger partial charge in [-0.3, -0.25) is 9.89 Å². The molecule has 0 fully saturated rings. The molecule has 0 aliphatic carbocycles. The molecule has 1 aliphatic rings. The SMILES string of the molecule is CC(C)CNC(=O)COc1cccc(-c2nc3c(c(Nc4ccc(-c5cn[nH]c5)cc4)n2)COC3)c1. The van der Waals surface area contributed by atoms with Crippen molar-refractivity contribution in [2.24, 2.45) is 5.92 Å². The number of aromatic nitrogens is 4. The zero-order chi connectivity index (χ0) is 24.9. The standard InChI is InChI=1S/C27H28N6O3/c1-17(2)11-28-25(34)16-36-22-5-3-4-19(10-22)26-32-24-15-35-14-23(24)27(33-26)31-21-8-6-18(7-9-21)20-12-29-30-13-20/h3-10,12-13,17H,11,14-16H2,1-2H3,(H,28,34)(H,29,30)(H,31,32,33). The summed E-state index contributed by atoms with van der Waals surface area (Å²) >= 11 is 0. The normalized spacial score (nSPS) is 12.4. The number of carbonyl (C=O) groups excluding carboxylic acids is 1. The quantitative estimate of drug-likeness (QED) is 0.321. The Morgan fingerprint density at radius 3 is 2.72 bits per heavy atom. The maximum Gasteiger partial charge on any atom is 0.257 e. The van der Waals surface area contributed by atoms with Gasteiger partial charge in [0.1, 0.15) is 11.6 Å². The van der Waals surface area contributed by atoms with E-state index in [-0.39, 0.29) is 12.5 Å². The summed E-state index contributed by atoms with van der Waals surface area (Å²) in [5, 5.41) is 13.1. The van der Waals surface area contributed by atoms with Crippen LogP contribution in [0.2, 0.25) is 0 Å². The smallest absolute Gasteiger partial charge is 0.257 e. The number of anilines is 2.